The molecule has 6 heteroatoms. The van der Waals surface area contributed by atoms with Crippen molar-refractivity contribution in [1.82, 2.24) is 19.4 Å². The molecule has 0 spiro atoms. The van der Waals surface area contributed by atoms with E-state index in [1.54, 1.807) is 11.8 Å². The van der Waals surface area contributed by atoms with Crippen molar-refractivity contribution in [3.8, 4) is 16.9 Å². The Bertz CT molecular complexity index is 1010. The van der Waals surface area contributed by atoms with Crippen LogP contribution in [0.5, 0.6) is 0 Å². The third kappa shape index (κ3) is 4.86. The number of carbonyl (C=O) groups is 1. The lowest BCUT2D eigenvalue weighted by Crippen LogP contribution is -2.50. The van der Waals surface area contributed by atoms with Gasteiger partial charge in [-0.25, -0.2) is 4.98 Å². The standard InChI is InChI=1S/C25H30N4OS/c1-4-27-14-16-28(17-15-27)24(30)20(3)31-25-26-18-23(21-8-6-5-7-9-21)29(25)22-12-10-19(2)11-13-22/h5-13,18,20H,4,14-17H2,1-3H3. The van der Waals surface area contributed by atoms with Gasteiger partial charge in [-0.15, -0.1) is 0 Å². The molecule has 1 atom stereocenters. The van der Waals surface area contributed by atoms with Gasteiger partial charge in [-0.05, 0) is 32.5 Å². The zero-order chi connectivity index (χ0) is 21.8. The van der Waals surface area contributed by atoms with E-state index in [2.05, 4.69) is 59.7 Å². The Morgan fingerprint density at radius 1 is 1.03 bits per heavy atom. The van der Waals surface area contributed by atoms with Gasteiger partial charge in [-0.3, -0.25) is 9.36 Å². The van der Waals surface area contributed by atoms with E-state index in [9.17, 15) is 4.79 Å². The maximum atomic E-state index is 13.1. The highest BCUT2D eigenvalue weighted by atomic mass is 32.2. The average Bonchev–Trinajstić information content (AvgIpc) is 3.23. The molecule has 4 rings (SSSR count). The Labute approximate surface area is 189 Å². The molecule has 1 unspecified atom stereocenters. The third-order valence-corrected chi connectivity index (χ3v) is 6.91. The van der Waals surface area contributed by atoms with E-state index >= 15 is 0 Å². The second-order valence-corrected chi connectivity index (χ2v) is 9.29. The second-order valence-electron chi connectivity index (χ2n) is 7.98. The van der Waals surface area contributed by atoms with Crippen LogP contribution in [0.4, 0.5) is 0 Å². The number of thioether (sulfide) groups is 1. The number of hydrogen-bond acceptors (Lipinski definition) is 4. The van der Waals surface area contributed by atoms with Crippen LogP contribution in [0.15, 0.2) is 66.0 Å². The summed E-state index contributed by atoms with van der Waals surface area (Å²) in [7, 11) is 0. The number of rotatable bonds is 6. The fourth-order valence-corrected chi connectivity index (χ4v) is 4.91. The molecule has 0 aliphatic carbocycles. The molecule has 1 aliphatic rings. The van der Waals surface area contributed by atoms with Gasteiger partial charge < -0.3 is 9.80 Å². The van der Waals surface area contributed by atoms with E-state index in [0.29, 0.717) is 0 Å². The van der Waals surface area contributed by atoms with E-state index in [1.165, 1.54) is 5.56 Å². The van der Waals surface area contributed by atoms with E-state index in [4.69, 9.17) is 4.98 Å². The minimum Gasteiger partial charge on any atom is -0.339 e. The van der Waals surface area contributed by atoms with Crippen LogP contribution in [0.2, 0.25) is 0 Å². The van der Waals surface area contributed by atoms with E-state index in [0.717, 1.165) is 54.8 Å². The molecule has 162 valence electrons. The molecule has 3 aromatic rings. The summed E-state index contributed by atoms with van der Waals surface area (Å²) >= 11 is 1.54. The molecule has 0 saturated carbocycles. The number of likely N-dealkylation sites (N-methyl/N-ethyl adjacent to an activating group) is 1. The van der Waals surface area contributed by atoms with E-state index in [-0.39, 0.29) is 11.2 Å². The zero-order valence-electron chi connectivity index (χ0n) is 18.5. The van der Waals surface area contributed by atoms with Crippen molar-refractivity contribution in [3.05, 3.63) is 66.4 Å². The molecule has 1 aliphatic heterocycles. The number of nitrogens with zero attached hydrogens (tertiary/aromatic N) is 4. The zero-order valence-corrected chi connectivity index (χ0v) is 19.3. The normalized spacial score (nSPS) is 15.8. The summed E-state index contributed by atoms with van der Waals surface area (Å²) in [5.74, 6) is 0.195. The van der Waals surface area contributed by atoms with Crippen LogP contribution in [0.1, 0.15) is 19.4 Å². The van der Waals surface area contributed by atoms with Gasteiger partial charge in [0.15, 0.2) is 5.16 Å². The average molecular weight is 435 g/mol. The number of hydrogen-bond donors (Lipinski definition) is 0. The van der Waals surface area contributed by atoms with Gasteiger partial charge in [0, 0.05) is 37.4 Å². The summed E-state index contributed by atoms with van der Waals surface area (Å²) in [4.78, 5) is 22.2. The van der Waals surface area contributed by atoms with E-state index < -0.39 is 0 Å². The molecule has 5 nitrogen and oxygen atoms in total. The summed E-state index contributed by atoms with van der Waals surface area (Å²) in [5, 5.41) is 0.652. The van der Waals surface area contributed by atoms with Crippen LogP contribution in [-0.2, 0) is 4.79 Å². The molecule has 31 heavy (non-hydrogen) atoms. The van der Waals surface area contributed by atoms with Gasteiger partial charge in [0.1, 0.15) is 0 Å². The topological polar surface area (TPSA) is 41.4 Å². The molecule has 1 aromatic heterocycles. The summed E-state index contributed by atoms with van der Waals surface area (Å²) in [6.07, 6.45) is 1.91. The first-order valence-corrected chi connectivity index (χ1v) is 11.8. The fraction of sp³-hybridized carbons (Fsp3) is 0.360. The van der Waals surface area contributed by atoms with Gasteiger partial charge in [-0.2, -0.15) is 0 Å². The predicted molar refractivity (Wildman–Crippen MR) is 128 cm³/mol. The van der Waals surface area contributed by atoms with Gasteiger partial charge in [0.2, 0.25) is 5.91 Å². The van der Waals surface area contributed by atoms with Crippen molar-refractivity contribution < 1.29 is 4.79 Å². The quantitative estimate of drug-likeness (QED) is 0.536. The number of aromatic nitrogens is 2. The van der Waals surface area contributed by atoms with Crippen molar-refractivity contribution in [2.45, 2.75) is 31.2 Å². The first-order valence-electron chi connectivity index (χ1n) is 10.9. The van der Waals surface area contributed by atoms with Gasteiger partial charge in [-0.1, -0.05) is 66.7 Å². The lowest BCUT2D eigenvalue weighted by molar-refractivity contribution is -0.132. The fourth-order valence-electron chi connectivity index (χ4n) is 3.92. The maximum Gasteiger partial charge on any atom is 0.235 e. The SMILES string of the molecule is CCN1CCN(C(=O)C(C)Sc2ncc(-c3ccccc3)n2-c2ccc(C)cc2)CC1. The van der Waals surface area contributed by atoms with Crippen molar-refractivity contribution >= 4 is 17.7 Å². The number of carbonyl (C=O) groups excluding carboxylic acids is 1. The highest BCUT2D eigenvalue weighted by molar-refractivity contribution is 8.00. The molecule has 1 fully saturated rings. The van der Waals surface area contributed by atoms with Crippen molar-refractivity contribution in [2.24, 2.45) is 0 Å². The number of piperazine rings is 1. The summed E-state index contributed by atoms with van der Waals surface area (Å²) < 4.78 is 2.16. The van der Waals surface area contributed by atoms with Gasteiger partial charge in [0.25, 0.3) is 0 Å². The maximum absolute atomic E-state index is 13.1. The lowest BCUT2D eigenvalue weighted by Gasteiger charge is -2.35. The molecule has 2 aromatic carbocycles. The van der Waals surface area contributed by atoms with Gasteiger partial charge in [0.05, 0.1) is 17.1 Å². The summed E-state index contributed by atoms with van der Waals surface area (Å²) in [5.41, 5.74) is 4.41. The smallest absolute Gasteiger partial charge is 0.235 e. The molecular weight excluding hydrogens is 404 g/mol. The van der Waals surface area contributed by atoms with Crippen molar-refractivity contribution in [1.29, 1.82) is 0 Å². The first kappa shape index (κ1) is 21.7. The Kier molecular flexibility index (Phi) is 6.78. The molecule has 0 bridgehead atoms. The second kappa shape index (κ2) is 9.71. The molecule has 0 radical (unpaired) electrons. The Hall–Kier alpha value is -2.57. The first-order chi connectivity index (χ1) is 15.1. The number of aryl methyl sites for hydroxylation is 1. The number of amides is 1. The van der Waals surface area contributed by atoms with Crippen molar-refractivity contribution in [2.75, 3.05) is 32.7 Å². The van der Waals surface area contributed by atoms with Crippen LogP contribution in [0.3, 0.4) is 0 Å². The number of imidazole rings is 1. The summed E-state index contributed by atoms with van der Waals surface area (Å²) in [6, 6.07) is 18.7. The number of benzene rings is 2. The van der Waals surface area contributed by atoms with Crippen LogP contribution < -0.4 is 0 Å². The molecule has 2 heterocycles. The highest BCUT2D eigenvalue weighted by Crippen LogP contribution is 2.32. The lowest BCUT2D eigenvalue weighted by atomic mass is 10.1. The Morgan fingerprint density at radius 2 is 1.71 bits per heavy atom. The molecular formula is C25H30N4OS. The van der Waals surface area contributed by atoms with Gasteiger partial charge >= 0.3 is 0 Å². The molecule has 1 saturated heterocycles. The summed E-state index contributed by atoms with van der Waals surface area (Å²) in [6.45, 7) is 10.8. The molecule has 0 N–H and O–H groups in total. The van der Waals surface area contributed by atoms with Crippen LogP contribution >= 0.6 is 11.8 Å². The molecule has 1 amide bonds. The largest absolute Gasteiger partial charge is 0.339 e. The van der Waals surface area contributed by atoms with Crippen molar-refractivity contribution in [3.63, 3.8) is 0 Å². The highest BCUT2D eigenvalue weighted by Gasteiger charge is 2.27. The minimum atomic E-state index is -0.191. The predicted octanol–water partition coefficient (Wildman–Crippen LogP) is 4.49. The van der Waals surface area contributed by atoms with Crippen LogP contribution in [0.25, 0.3) is 16.9 Å². The van der Waals surface area contributed by atoms with Crippen LogP contribution in [0, 0.1) is 6.92 Å². The Balaban J connectivity index is 1.60. The van der Waals surface area contributed by atoms with E-state index in [1.807, 2.05) is 36.2 Å². The Morgan fingerprint density at radius 3 is 2.35 bits per heavy atom. The minimum absolute atomic E-state index is 0.191. The van der Waals surface area contributed by atoms with Crippen LogP contribution in [-0.4, -0.2) is 63.2 Å². The monoisotopic (exact) mass is 434 g/mol. The third-order valence-electron chi connectivity index (χ3n) is 5.85.